The Kier molecular flexibility index (Phi) is 3.55. The molecular weight excluding hydrogens is 214 g/mol. The Morgan fingerprint density at radius 3 is 2.76 bits per heavy atom. The molecule has 1 N–H and O–H groups in total. The van der Waals surface area contributed by atoms with Crippen LogP contribution in [0.1, 0.15) is 15.9 Å². The van der Waals surface area contributed by atoms with Crippen LogP contribution < -0.4 is 5.32 Å². The molecule has 4 nitrogen and oxygen atoms in total. The van der Waals surface area contributed by atoms with Crippen LogP contribution in [0.25, 0.3) is 0 Å². The average Bonchev–Trinajstić information content (AvgIpc) is 2.83. The van der Waals surface area contributed by atoms with Crippen molar-refractivity contribution in [2.24, 2.45) is 0 Å². The van der Waals surface area contributed by atoms with Gasteiger partial charge in [-0.1, -0.05) is 17.7 Å². The van der Waals surface area contributed by atoms with Crippen LogP contribution in [0.4, 0.5) is 0 Å². The van der Waals surface area contributed by atoms with Crippen molar-refractivity contribution >= 4 is 5.91 Å². The van der Waals surface area contributed by atoms with E-state index < -0.39 is 0 Å². The van der Waals surface area contributed by atoms with Crippen molar-refractivity contribution in [1.29, 1.82) is 0 Å². The minimum absolute atomic E-state index is 0.0443. The molecule has 0 unspecified atom stereocenters. The molecule has 2 aromatic rings. The minimum Gasteiger partial charge on any atom is -0.350 e. The van der Waals surface area contributed by atoms with Crippen LogP contribution in [0.2, 0.25) is 0 Å². The lowest BCUT2D eigenvalue weighted by atomic mass is 10.1. The summed E-state index contributed by atoms with van der Waals surface area (Å²) in [4.78, 5) is 11.7. The third-order valence-electron chi connectivity index (χ3n) is 2.50. The molecule has 0 aliphatic rings. The smallest absolute Gasteiger partial charge is 0.251 e. The Balaban J connectivity index is 1.83. The Labute approximate surface area is 100 Å². The van der Waals surface area contributed by atoms with E-state index >= 15 is 0 Å². The highest BCUT2D eigenvalue weighted by Gasteiger charge is 2.03. The quantitative estimate of drug-likeness (QED) is 0.866. The number of benzene rings is 1. The molecule has 0 aliphatic carbocycles. The molecule has 0 radical (unpaired) electrons. The van der Waals surface area contributed by atoms with Crippen LogP contribution in [0.15, 0.2) is 42.7 Å². The molecule has 17 heavy (non-hydrogen) atoms. The Morgan fingerprint density at radius 2 is 2.12 bits per heavy atom. The number of amides is 1. The van der Waals surface area contributed by atoms with Gasteiger partial charge in [-0.15, -0.1) is 0 Å². The largest absolute Gasteiger partial charge is 0.350 e. The summed E-state index contributed by atoms with van der Waals surface area (Å²) in [6.07, 6.45) is 3.60. The number of carbonyl (C=O) groups excluding carboxylic acids is 1. The summed E-state index contributed by atoms with van der Waals surface area (Å²) < 4.78 is 1.79. The zero-order valence-electron chi connectivity index (χ0n) is 9.76. The molecule has 0 atom stereocenters. The minimum atomic E-state index is -0.0443. The Morgan fingerprint density at radius 1 is 1.35 bits per heavy atom. The van der Waals surface area contributed by atoms with Crippen LogP contribution in [-0.2, 0) is 6.54 Å². The van der Waals surface area contributed by atoms with Gasteiger partial charge in [0, 0.05) is 24.5 Å². The maximum absolute atomic E-state index is 11.7. The molecule has 4 heteroatoms. The second-order valence-electron chi connectivity index (χ2n) is 3.89. The molecule has 88 valence electrons. The number of aromatic nitrogens is 2. The van der Waals surface area contributed by atoms with E-state index in [1.807, 2.05) is 43.5 Å². The average molecular weight is 229 g/mol. The SMILES string of the molecule is Cc1ccc(C(=O)NCCn2cccn2)cc1. The Bertz CT molecular complexity index is 474. The van der Waals surface area contributed by atoms with Crippen molar-refractivity contribution < 1.29 is 4.79 Å². The van der Waals surface area contributed by atoms with E-state index in [1.165, 1.54) is 0 Å². The molecule has 0 saturated carbocycles. The second-order valence-corrected chi connectivity index (χ2v) is 3.89. The number of rotatable bonds is 4. The summed E-state index contributed by atoms with van der Waals surface area (Å²) in [6, 6.07) is 9.39. The number of carbonyl (C=O) groups is 1. The normalized spacial score (nSPS) is 10.2. The van der Waals surface area contributed by atoms with Crippen LogP contribution in [0, 0.1) is 6.92 Å². The summed E-state index contributed by atoms with van der Waals surface area (Å²) in [5.41, 5.74) is 1.84. The fourth-order valence-electron chi connectivity index (χ4n) is 1.52. The van der Waals surface area contributed by atoms with Gasteiger partial charge in [-0.25, -0.2) is 0 Å². The first kappa shape index (κ1) is 11.4. The summed E-state index contributed by atoms with van der Waals surface area (Å²) in [5.74, 6) is -0.0443. The van der Waals surface area contributed by atoms with Gasteiger partial charge in [0.1, 0.15) is 0 Å². The molecule has 0 aliphatic heterocycles. The zero-order chi connectivity index (χ0) is 12.1. The topological polar surface area (TPSA) is 46.9 Å². The van der Waals surface area contributed by atoms with Crippen LogP contribution in [0.5, 0.6) is 0 Å². The summed E-state index contributed by atoms with van der Waals surface area (Å²) in [5, 5.41) is 6.92. The molecule has 0 bridgehead atoms. The molecule has 1 amide bonds. The lowest BCUT2D eigenvalue weighted by Crippen LogP contribution is -2.27. The lowest BCUT2D eigenvalue weighted by molar-refractivity contribution is 0.0952. The van der Waals surface area contributed by atoms with Crippen molar-refractivity contribution in [3.8, 4) is 0 Å². The summed E-state index contributed by atoms with van der Waals surface area (Å²) in [7, 11) is 0. The van der Waals surface area contributed by atoms with Gasteiger partial charge in [-0.05, 0) is 25.1 Å². The van der Waals surface area contributed by atoms with Gasteiger partial charge >= 0.3 is 0 Å². The summed E-state index contributed by atoms with van der Waals surface area (Å²) >= 11 is 0. The zero-order valence-corrected chi connectivity index (χ0v) is 9.76. The maximum Gasteiger partial charge on any atom is 0.251 e. The highest BCUT2D eigenvalue weighted by molar-refractivity contribution is 5.94. The van der Waals surface area contributed by atoms with E-state index in [0.29, 0.717) is 18.7 Å². The van der Waals surface area contributed by atoms with Crippen molar-refractivity contribution in [3.63, 3.8) is 0 Å². The number of nitrogens with zero attached hydrogens (tertiary/aromatic N) is 2. The predicted molar refractivity (Wildman–Crippen MR) is 65.7 cm³/mol. The standard InChI is InChI=1S/C13H15N3O/c1-11-3-5-12(6-4-11)13(17)14-8-10-16-9-2-7-15-16/h2-7,9H,8,10H2,1H3,(H,14,17). The van der Waals surface area contributed by atoms with E-state index in [-0.39, 0.29) is 5.91 Å². The fraction of sp³-hybridized carbons (Fsp3) is 0.231. The van der Waals surface area contributed by atoms with Gasteiger partial charge in [0.25, 0.3) is 5.91 Å². The van der Waals surface area contributed by atoms with Gasteiger partial charge in [-0.2, -0.15) is 5.10 Å². The van der Waals surface area contributed by atoms with Gasteiger partial charge in [0.2, 0.25) is 0 Å². The van der Waals surface area contributed by atoms with Crippen molar-refractivity contribution in [2.75, 3.05) is 6.54 Å². The number of hydrogen-bond acceptors (Lipinski definition) is 2. The number of hydrogen-bond donors (Lipinski definition) is 1. The molecule has 2 rings (SSSR count). The molecular formula is C13H15N3O. The first-order valence-electron chi connectivity index (χ1n) is 5.58. The molecule has 0 saturated heterocycles. The summed E-state index contributed by atoms with van der Waals surface area (Å²) in [6.45, 7) is 3.26. The van der Waals surface area contributed by atoms with Crippen LogP contribution >= 0.6 is 0 Å². The van der Waals surface area contributed by atoms with Crippen molar-refractivity contribution in [3.05, 3.63) is 53.9 Å². The first-order valence-corrected chi connectivity index (χ1v) is 5.58. The highest BCUT2D eigenvalue weighted by atomic mass is 16.1. The molecule has 0 spiro atoms. The van der Waals surface area contributed by atoms with E-state index in [2.05, 4.69) is 10.4 Å². The maximum atomic E-state index is 11.7. The first-order chi connectivity index (χ1) is 8.25. The third-order valence-corrected chi connectivity index (χ3v) is 2.50. The predicted octanol–water partition coefficient (Wildman–Crippen LogP) is 1.62. The van der Waals surface area contributed by atoms with Gasteiger partial charge in [-0.3, -0.25) is 9.48 Å². The van der Waals surface area contributed by atoms with Crippen molar-refractivity contribution in [1.82, 2.24) is 15.1 Å². The van der Waals surface area contributed by atoms with E-state index in [0.717, 1.165) is 5.56 Å². The van der Waals surface area contributed by atoms with E-state index in [9.17, 15) is 4.79 Å². The van der Waals surface area contributed by atoms with Gasteiger partial charge < -0.3 is 5.32 Å². The number of nitrogens with one attached hydrogen (secondary N) is 1. The molecule has 0 fully saturated rings. The van der Waals surface area contributed by atoms with Crippen molar-refractivity contribution in [2.45, 2.75) is 13.5 Å². The number of aryl methyl sites for hydroxylation is 1. The third kappa shape index (κ3) is 3.17. The molecule has 1 heterocycles. The van der Waals surface area contributed by atoms with Crippen LogP contribution in [0.3, 0.4) is 0 Å². The van der Waals surface area contributed by atoms with Gasteiger partial charge in [0.05, 0.1) is 6.54 Å². The second kappa shape index (κ2) is 5.30. The lowest BCUT2D eigenvalue weighted by Gasteiger charge is -2.05. The highest BCUT2D eigenvalue weighted by Crippen LogP contribution is 2.02. The fourth-order valence-corrected chi connectivity index (χ4v) is 1.52. The molecule has 1 aromatic heterocycles. The van der Waals surface area contributed by atoms with Crippen LogP contribution in [-0.4, -0.2) is 22.2 Å². The molecule has 1 aromatic carbocycles. The van der Waals surface area contributed by atoms with Gasteiger partial charge in [0.15, 0.2) is 0 Å². The van der Waals surface area contributed by atoms with E-state index in [1.54, 1.807) is 10.9 Å². The van der Waals surface area contributed by atoms with E-state index in [4.69, 9.17) is 0 Å². The monoisotopic (exact) mass is 229 g/mol. The Hall–Kier alpha value is -2.10.